The van der Waals surface area contributed by atoms with Crippen molar-refractivity contribution in [3.63, 3.8) is 0 Å². The molecule has 13 heteroatoms. The van der Waals surface area contributed by atoms with E-state index in [2.05, 4.69) is 28.7 Å². The Balaban J connectivity index is -0.000000465. The van der Waals surface area contributed by atoms with Crippen LogP contribution >= 0.6 is 10.7 Å². The van der Waals surface area contributed by atoms with E-state index in [1.807, 2.05) is 13.8 Å². The molecule has 0 aromatic carbocycles. The first-order valence-corrected chi connectivity index (χ1v) is 15.1. The molecule has 0 atom stereocenters. The summed E-state index contributed by atoms with van der Waals surface area (Å²) >= 11 is 0. The lowest BCUT2D eigenvalue weighted by atomic mass is 9.89. The molecule has 0 saturated heterocycles. The Morgan fingerprint density at radius 3 is 1.21 bits per heavy atom. The Bertz CT molecular complexity index is 637. The molecule has 0 fully saturated rings. The van der Waals surface area contributed by atoms with Crippen LogP contribution < -0.4 is 11.5 Å². The third kappa shape index (κ3) is 32.0. The zero-order valence-corrected chi connectivity index (χ0v) is 23.0. The van der Waals surface area contributed by atoms with Crippen molar-refractivity contribution in [2.24, 2.45) is 11.5 Å². The van der Waals surface area contributed by atoms with Crippen molar-refractivity contribution in [2.45, 2.75) is 116 Å². The second kappa shape index (κ2) is 20.2. The van der Waals surface area contributed by atoms with E-state index in [0.29, 0.717) is 12.8 Å². The number of hydrogen-bond acceptors (Lipinski definition) is 8. The predicted molar refractivity (Wildman–Crippen MR) is 134 cm³/mol. The average Bonchev–Trinajstić information content (AvgIpc) is 2.71. The van der Waals surface area contributed by atoms with E-state index >= 15 is 0 Å². The molecule has 0 aromatic rings. The highest BCUT2D eigenvalue weighted by Crippen LogP contribution is 2.20. The lowest BCUT2D eigenvalue weighted by Crippen LogP contribution is -2.45. The van der Waals surface area contributed by atoms with Crippen molar-refractivity contribution in [3.05, 3.63) is 0 Å². The van der Waals surface area contributed by atoms with Crippen LogP contribution in [0.4, 0.5) is 0 Å². The van der Waals surface area contributed by atoms with Crippen LogP contribution in [0, 0.1) is 0 Å². The van der Waals surface area contributed by atoms with E-state index in [1.54, 1.807) is 0 Å². The zero-order valence-electron chi connectivity index (χ0n) is 20.6. The van der Waals surface area contributed by atoms with Crippen LogP contribution in [-0.4, -0.2) is 55.3 Å². The Labute approximate surface area is 206 Å². The van der Waals surface area contributed by atoms with Gasteiger partial charge in [-0.25, -0.2) is 4.18 Å². The third-order valence-corrected chi connectivity index (χ3v) is 5.34. The van der Waals surface area contributed by atoms with Gasteiger partial charge < -0.3 is 16.6 Å². The first-order chi connectivity index (χ1) is 15.0. The molecule has 0 aromatic heterocycles. The largest absolute Gasteiger partial charge is 0.397 e. The van der Waals surface area contributed by atoms with Crippen LogP contribution in [0.15, 0.2) is 0 Å². The number of hydrogen-bond donors (Lipinski definition) is 5. The van der Waals surface area contributed by atoms with Crippen molar-refractivity contribution in [3.8, 4) is 0 Å². The first kappa shape index (κ1) is 37.5. The highest BCUT2D eigenvalue weighted by Gasteiger charge is 2.26. The minimum Gasteiger partial charge on any atom is -0.394 e. The molecule has 204 valence electrons. The Morgan fingerprint density at radius 1 is 0.727 bits per heavy atom. The average molecular weight is 543 g/mol. The van der Waals surface area contributed by atoms with Crippen LogP contribution in [0.2, 0.25) is 0 Å². The van der Waals surface area contributed by atoms with Gasteiger partial charge in [0.2, 0.25) is 0 Å². The van der Waals surface area contributed by atoms with Gasteiger partial charge in [-0.3, -0.25) is 9.11 Å². The van der Waals surface area contributed by atoms with Gasteiger partial charge in [0, 0.05) is 21.8 Å². The third-order valence-electron chi connectivity index (χ3n) is 4.92. The SMILES string of the molecule is CCCCC(N)(CCCC)COS(=O)(=O)O.CCCCC(N)(CO)CCCC.O=S(=O)(O)Cl. The molecule has 10 nitrogen and oxygen atoms in total. The van der Waals surface area contributed by atoms with Crippen molar-refractivity contribution >= 4 is 30.4 Å². The maximum Gasteiger partial charge on any atom is 0.397 e. The van der Waals surface area contributed by atoms with E-state index in [1.165, 1.54) is 0 Å². The summed E-state index contributed by atoms with van der Waals surface area (Å²) in [5.74, 6) is 0. The molecule has 7 N–H and O–H groups in total. The second-order valence-corrected chi connectivity index (χ2v) is 11.5. The normalized spacial score (nSPS) is 12.4. The van der Waals surface area contributed by atoms with Gasteiger partial charge in [0.25, 0.3) is 0 Å². The van der Waals surface area contributed by atoms with Crippen LogP contribution in [0.1, 0.15) is 105 Å². The van der Waals surface area contributed by atoms with Crippen molar-refractivity contribution in [1.29, 1.82) is 0 Å². The number of rotatable bonds is 16. The van der Waals surface area contributed by atoms with E-state index in [0.717, 1.165) is 64.2 Å². The van der Waals surface area contributed by atoms with Crippen molar-refractivity contribution in [2.75, 3.05) is 13.2 Å². The highest BCUT2D eigenvalue weighted by molar-refractivity contribution is 8.09. The topological polar surface area (TPSA) is 190 Å². The second-order valence-electron chi connectivity index (χ2n) is 8.40. The minimum absolute atomic E-state index is 0.132. The molecule has 0 unspecified atom stereocenters. The number of halogens is 1. The molecule has 0 aliphatic carbocycles. The maximum absolute atomic E-state index is 10.5. The maximum atomic E-state index is 10.5. The smallest absolute Gasteiger partial charge is 0.394 e. The summed E-state index contributed by atoms with van der Waals surface area (Å²) in [6.45, 7) is 8.38. The van der Waals surface area contributed by atoms with Crippen molar-refractivity contribution in [1.82, 2.24) is 0 Å². The minimum atomic E-state index is -4.39. The molecular formula is C20H47ClN2O8S2. The summed E-state index contributed by atoms with van der Waals surface area (Å²) in [5, 5.41) is 9.11. The molecule has 0 bridgehead atoms. The van der Waals surface area contributed by atoms with Gasteiger partial charge in [-0.05, 0) is 25.7 Å². The summed E-state index contributed by atoms with van der Waals surface area (Å²) in [5.41, 5.74) is 11.1. The first-order valence-electron chi connectivity index (χ1n) is 11.5. The van der Waals surface area contributed by atoms with Gasteiger partial charge in [0.1, 0.15) is 0 Å². The molecule has 0 aliphatic heterocycles. The molecule has 0 aliphatic rings. The highest BCUT2D eigenvalue weighted by atomic mass is 35.7. The standard InChI is InChI=1S/C10H23NO4S.C10H23NO.ClHO3S/c1-3-5-7-10(11,8-6-4-2)9-15-16(12,13)14;1-3-5-7-10(11,9-12)8-6-4-2;1-5(2,3)4/h3-9,11H2,1-2H3,(H,12,13,14);12H,3-9,11H2,1-2H3;(H,2,3,4). The lowest BCUT2D eigenvalue weighted by Gasteiger charge is -2.28. The summed E-state index contributed by atoms with van der Waals surface area (Å²) in [6.07, 6.45) is 11.7. The number of unbranched alkanes of at least 4 members (excludes halogenated alkanes) is 4. The number of nitrogens with two attached hydrogens (primary N) is 2. The van der Waals surface area contributed by atoms with Gasteiger partial charge in [-0.1, -0.05) is 79.1 Å². The van der Waals surface area contributed by atoms with Gasteiger partial charge in [0.15, 0.2) is 0 Å². The van der Waals surface area contributed by atoms with Gasteiger partial charge >= 0.3 is 19.7 Å². The fraction of sp³-hybridized carbons (Fsp3) is 1.00. The fourth-order valence-corrected chi connectivity index (χ4v) is 3.24. The molecule has 0 rings (SSSR count). The summed E-state index contributed by atoms with van der Waals surface area (Å²) < 4.78 is 59.1. The summed E-state index contributed by atoms with van der Waals surface area (Å²) in [6, 6.07) is 0. The fourth-order valence-electron chi connectivity index (χ4n) is 2.86. The molecule has 0 radical (unpaired) electrons. The van der Waals surface area contributed by atoms with Crippen molar-refractivity contribution < 1.29 is 35.2 Å². The van der Waals surface area contributed by atoms with Gasteiger partial charge in [0.05, 0.1) is 13.2 Å². The van der Waals surface area contributed by atoms with Gasteiger partial charge in [-0.2, -0.15) is 16.8 Å². The summed E-state index contributed by atoms with van der Waals surface area (Å²) in [7, 11) is -4.52. The van der Waals surface area contributed by atoms with E-state index in [9.17, 15) is 8.42 Å². The van der Waals surface area contributed by atoms with Crippen LogP contribution in [0.5, 0.6) is 0 Å². The Morgan fingerprint density at radius 2 is 1.00 bits per heavy atom. The quantitative estimate of drug-likeness (QED) is 0.141. The molecule has 0 spiro atoms. The van der Waals surface area contributed by atoms with E-state index in [-0.39, 0.29) is 18.8 Å². The van der Waals surface area contributed by atoms with Crippen LogP contribution in [0.3, 0.4) is 0 Å². The zero-order chi connectivity index (χ0) is 26.6. The van der Waals surface area contributed by atoms with E-state index < -0.39 is 25.3 Å². The molecular weight excluding hydrogens is 496 g/mol. The predicted octanol–water partition coefficient (Wildman–Crippen LogP) is 3.97. The molecule has 0 amide bonds. The summed E-state index contributed by atoms with van der Waals surface area (Å²) in [4.78, 5) is 0. The molecule has 0 heterocycles. The Hall–Kier alpha value is -0.0500. The van der Waals surface area contributed by atoms with Crippen LogP contribution in [-0.2, 0) is 23.9 Å². The monoisotopic (exact) mass is 542 g/mol. The van der Waals surface area contributed by atoms with Crippen LogP contribution in [0.25, 0.3) is 0 Å². The lowest BCUT2D eigenvalue weighted by molar-refractivity contribution is 0.173. The van der Waals surface area contributed by atoms with Gasteiger partial charge in [-0.15, -0.1) is 0 Å². The number of aliphatic hydroxyl groups excluding tert-OH is 1. The molecule has 33 heavy (non-hydrogen) atoms. The number of aliphatic hydroxyl groups is 1. The molecule has 0 saturated carbocycles. The van der Waals surface area contributed by atoms with E-state index in [4.69, 9.17) is 34.1 Å². The Kier molecular flexibility index (Phi) is 22.9.